The molecule has 0 radical (unpaired) electrons. The molecule has 1 aliphatic heterocycles. The monoisotopic (exact) mass is 237 g/mol. The molecule has 0 bridgehead atoms. The molecule has 16 heavy (non-hydrogen) atoms. The van der Waals surface area contributed by atoms with E-state index in [1.165, 1.54) is 0 Å². The predicted molar refractivity (Wildman–Crippen MR) is 62.5 cm³/mol. The van der Waals surface area contributed by atoms with Crippen molar-refractivity contribution in [2.24, 2.45) is 5.92 Å². The van der Waals surface area contributed by atoms with E-state index in [-0.39, 0.29) is 18.2 Å². The van der Waals surface area contributed by atoms with Crippen LogP contribution in [0.2, 0.25) is 0 Å². The van der Waals surface area contributed by atoms with Crippen LogP contribution in [0, 0.1) is 12.8 Å². The van der Waals surface area contributed by atoms with Gasteiger partial charge in [0.1, 0.15) is 0 Å². The topological polar surface area (TPSA) is 37.4 Å². The first-order chi connectivity index (χ1) is 7.59. The quantitative estimate of drug-likeness (QED) is 0.739. The fourth-order valence-corrected chi connectivity index (χ4v) is 2.10. The molecule has 0 aromatic heterocycles. The first kappa shape index (κ1) is 11.1. The highest BCUT2D eigenvalue weighted by atomic mass is 35.5. The Balaban J connectivity index is 2.27. The van der Waals surface area contributed by atoms with Crippen LogP contribution in [0.25, 0.3) is 0 Å². The number of anilines is 1. The lowest BCUT2D eigenvalue weighted by Gasteiger charge is -2.18. The highest BCUT2D eigenvalue weighted by molar-refractivity contribution is 6.64. The Kier molecular flexibility index (Phi) is 2.97. The summed E-state index contributed by atoms with van der Waals surface area (Å²) in [6.07, 6.45) is 0.219. The van der Waals surface area contributed by atoms with Gasteiger partial charge in [0, 0.05) is 18.7 Å². The molecule has 0 aliphatic carbocycles. The molecule has 1 atom stereocenters. The third-order valence-electron chi connectivity index (χ3n) is 2.85. The number of rotatable bonds is 2. The van der Waals surface area contributed by atoms with Gasteiger partial charge < -0.3 is 4.90 Å². The summed E-state index contributed by atoms with van der Waals surface area (Å²) in [6, 6.07) is 7.63. The van der Waals surface area contributed by atoms with E-state index in [9.17, 15) is 9.59 Å². The second-order valence-electron chi connectivity index (χ2n) is 4.00. The Hall–Kier alpha value is -1.35. The van der Waals surface area contributed by atoms with Gasteiger partial charge >= 0.3 is 0 Å². The van der Waals surface area contributed by atoms with Gasteiger partial charge in [0.2, 0.25) is 11.1 Å². The average Bonchev–Trinajstić information content (AvgIpc) is 2.61. The van der Waals surface area contributed by atoms with Gasteiger partial charge in [-0.2, -0.15) is 0 Å². The highest BCUT2D eigenvalue weighted by Crippen LogP contribution is 2.28. The van der Waals surface area contributed by atoms with Crippen molar-refractivity contribution in [2.45, 2.75) is 13.3 Å². The molecule has 1 fully saturated rings. The van der Waals surface area contributed by atoms with Crippen molar-refractivity contribution in [1.29, 1.82) is 0 Å². The summed E-state index contributed by atoms with van der Waals surface area (Å²) in [5.74, 6) is -0.401. The highest BCUT2D eigenvalue weighted by Gasteiger charge is 2.34. The molecule has 1 saturated heterocycles. The van der Waals surface area contributed by atoms with Gasteiger partial charge in [-0.1, -0.05) is 18.2 Å². The average molecular weight is 238 g/mol. The molecule has 0 unspecified atom stereocenters. The van der Waals surface area contributed by atoms with Crippen LogP contribution in [0.15, 0.2) is 24.3 Å². The molecule has 84 valence electrons. The summed E-state index contributed by atoms with van der Waals surface area (Å²) in [5, 5.41) is -0.426. The molecule has 0 saturated carbocycles. The Bertz CT molecular complexity index is 444. The number of carbonyl (C=O) groups is 2. The normalized spacial score (nSPS) is 20.2. The van der Waals surface area contributed by atoms with E-state index in [1.807, 2.05) is 31.2 Å². The number of benzene rings is 1. The number of nitrogens with zero attached hydrogens (tertiary/aromatic N) is 1. The lowest BCUT2D eigenvalue weighted by molar-refractivity contribution is -0.120. The summed E-state index contributed by atoms with van der Waals surface area (Å²) < 4.78 is 0. The molecule has 2 rings (SSSR count). The fraction of sp³-hybridized carbons (Fsp3) is 0.333. The number of halogens is 1. The molecule has 1 aromatic carbocycles. The van der Waals surface area contributed by atoms with Crippen molar-refractivity contribution >= 4 is 28.4 Å². The summed E-state index contributed by atoms with van der Waals surface area (Å²) >= 11 is 5.42. The number of amides is 1. The number of hydrogen-bond donors (Lipinski definition) is 0. The maximum atomic E-state index is 11.8. The molecule has 0 N–H and O–H groups in total. The molecule has 1 amide bonds. The number of aryl methyl sites for hydroxylation is 1. The summed E-state index contributed by atoms with van der Waals surface area (Å²) in [6.45, 7) is 2.34. The van der Waals surface area contributed by atoms with Crippen LogP contribution in [-0.4, -0.2) is 17.7 Å². The first-order valence-corrected chi connectivity index (χ1v) is 5.52. The van der Waals surface area contributed by atoms with Crippen LogP contribution in [0.4, 0.5) is 5.69 Å². The van der Waals surface area contributed by atoms with Crippen LogP contribution in [0.3, 0.4) is 0 Å². The van der Waals surface area contributed by atoms with Crippen LogP contribution < -0.4 is 4.90 Å². The number of carbonyl (C=O) groups excluding carboxylic acids is 2. The minimum absolute atomic E-state index is 0.0340. The molecule has 1 aliphatic rings. The first-order valence-electron chi connectivity index (χ1n) is 5.15. The van der Waals surface area contributed by atoms with Crippen molar-refractivity contribution < 1.29 is 9.59 Å². The van der Waals surface area contributed by atoms with Crippen LogP contribution in [0.1, 0.15) is 12.0 Å². The largest absolute Gasteiger partial charge is 0.311 e. The van der Waals surface area contributed by atoms with E-state index in [0.717, 1.165) is 11.3 Å². The van der Waals surface area contributed by atoms with Crippen LogP contribution >= 0.6 is 11.6 Å². The Morgan fingerprint density at radius 1 is 1.44 bits per heavy atom. The Labute approximate surface area is 99.0 Å². The summed E-state index contributed by atoms with van der Waals surface area (Å²) in [7, 11) is 0. The minimum Gasteiger partial charge on any atom is -0.311 e. The summed E-state index contributed by atoms with van der Waals surface area (Å²) in [5.41, 5.74) is 1.89. The zero-order chi connectivity index (χ0) is 11.7. The lowest BCUT2D eigenvalue weighted by Crippen LogP contribution is -2.25. The molecule has 3 nitrogen and oxygen atoms in total. The van der Waals surface area contributed by atoms with Gasteiger partial charge in [-0.15, -0.1) is 0 Å². The van der Waals surface area contributed by atoms with Gasteiger partial charge in [-0.05, 0) is 30.2 Å². The fourth-order valence-electron chi connectivity index (χ4n) is 1.96. The van der Waals surface area contributed by atoms with Gasteiger partial charge in [-0.3, -0.25) is 9.59 Å². The van der Waals surface area contributed by atoms with Gasteiger partial charge in [0.05, 0.1) is 5.92 Å². The van der Waals surface area contributed by atoms with E-state index < -0.39 is 5.24 Å². The zero-order valence-corrected chi connectivity index (χ0v) is 9.70. The smallest absolute Gasteiger partial charge is 0.227 e. The van der Waals surface area contributed by atoms with Crippen molar-refractivity contribution in [2.75, 3.05) is 11.4 Å². The van der Waals surface area contributed by atoms with Gasteiger partial charge in [-0.25, -0.2) is 0 Å². The molecule has 0 spiro atoms. The van der Waals surface area contributed by atoms with E-state index in [2.05, 4.69) is 0 Å². The maximum Gasteiger partial charge on any atom is 0.227 e. The lowest BCUT2D eigenvalue weighted by atomic mass is 10.1. The van der Waals surface area contributed by atoms with E-state index in [1.54, 1.807) is 4.90 Å². The number of hydrogen-bond acceptors (Lipinski definition) is 2. The summed E-state index contributed by atoms with van der Waals surface area (Å²) in [4.78, 5) is 24.4. The van der Waals surface area contributed by atoms with Crippen molar-refractivity contribution in [3.05, 3.63) is 29.8 Å². The molecular weight excluding hydrogens is 226 g/mol. The van der Waals surface area contributed by atoms with E-state index >= 15 is 0 Å². The standard InChI is InChI=1S/C12H12ClNO2/c1-8-4-2-3-5-10(8)14-7-9(12(13)16)6-11(14)15/h2-5,9H,6-7H2,1H3/t9-/m0/s1. The number of para-hydroxylation sites is 1. The van der Waals surface area contributed by atoms with Gasteiger partial charge in [0.25, 0.3) is 0 Å². The molecule has 1 heterocycles. The Morgan fingerprint density at radius 3 is 2.69 bits per heavy atom. The second-order valence-corrected chi connectivity index (χ2v) is 4.37. The minimum atomic E-state index is -0.426. The van der Waals surface area contributed by atoms with Crippen LogP contribution in [0.5, 0.6) is 0 Å². The van der Waals surface area contributed by atoms with Crippen LogP contribution in [-0.2, 0) is 9.59 Å². The zero-order valence-electron chi connectivity index (χ0n) is 8.94. The second kappa shape index (κ2) is 4.26. The van der Waals surface area contributed by atoms with E-state index in [0.29, 0.717) is 6.54 Å². The van der Waals surface area contributed by atoms with Crippen molar-refractivity contribution in [3.8, 4) is 0 Å². The third-order valence-corrected chi connectivity index (χ3v) is 3.16. The molecule has 1 aromatic rings. The van der Waals surface area contributed by atoms with Gasteiger partial charge in [0.15, 0.2) is 0 Å². The third kappa shape index (κ3) is 1.95. The molecular formula is C12H12ClNO2. The van der Waals surface area contributed by atoms with Crippen molar-refractivity contribution in [1.82, 2.24) is 0 Å². The predicted octanol–water partition coefficient (Wildman–Crippen LogP) is 2.11. The Morgan fingerprint density at radius 2 is 2.12 bits per heavy atom. The van der Waals surface area contributed by atoms with Crippen molar-refractivity contribution in [3.63, 3.8) is 0 Å². The maximum absolute atomic E-state index is 11.8. The van der Waals surface area contributed by atoms with E-state index in [4.69, 9.17) is 11.6 Å². The molecule has 4 heteroatoms. The SMILES string of the molecule is Cc1ccccc1N1C[C@@H](C(=O)Cl)CC1=O.